The average molecular weight is 340 g/mol. The highest BCUT2D eigenvalue weighted by Gasteiger charge is 2.58. The zero-order valence-electron chi connectivity index (χ0n) is 14.1. The highest BCUT2D eigenvalue weighted by molar-refractivity contribution is 5.78. The molecule has 0 unspecified atom stereocenters. The van der Waals surface area contributed by atoms with Gasteiger partial charge in [-0.25, -0.2) is 0 Å². The minimum absolute atomic E-state index is 0.269. The molecule has 0 bridgehead atoms. The molecular weight excluding hydrogens is 320 g/mol. The van der Waals surface area contributed by atoms with Crippen LogP contribution in [0.2, 0.25) is 0 Å². The number of hydrogen-bond donors (Lipinski definition) is 0. The van der Waals surface area contributed by atoms with Gasteiger partial charge in [0, 0.05) is 4.92 Å². The van der Waals surface area contributed by atoms with E-state index in [1.807, 2.05) is 60.7 Å². The van der Waals surface area contributed by atoms with Crippen molar-refractivity contribution in [1.82, 2.24) is 4.90 Å². The van der Waals surface area contributed by atoms with Crippen molar-refractivity contribution in [2.24, 2.45) is 0 Å². The van der Waals surface area contributed by atoms with Crippen LogP contribution in [0, 0.1) is 10.1 Å². The lowest BCUT2D eigenvalue weighted by atomic mass is 9.85. The number of nitro groups is 1. The van der Waals surface area contributed by atoms with Crippen LogP contribution >= 0.6 is 0 Å². The second kappa shape index (κ2) is 7.03. The summed E-state index contributed by atoms with van der Waals surface area (Å²) in [6.07, 6.45) is 0. The van der Waals surface area contributed by atoms with Gasteiger partial charge in [-0.1, -0.05) is 60.7 Å². The highest BCUT2D eigenvalue weighted by Crippen LogP contribution is 2.46. The van der Waals surface area contributed by atoms with E-state index in [9.17, 15) is 14.9 Å². The van der Waals surface area contributed by atoms with Gasteiger partial charge in [0.05, 0.1) is 13.0 Å². The molecule has 0 N–H and O–H groups in total. The molecule has 0 radical (unpaired) electrons. The summed E-state index contributed by atoms with van der Waals surface area (Å²) >= 11 is 0. The smallest absolute Gasteiger partial charge is 0.324 e. The molecule has 1 aliphatic heterocycles. The molecule has 130 valence electrons. The quantitative estimate of drug-likeness (QED) is 0.486. The number of carbonyl (C=O) groups is 1. The van der Waals surface area contributed by atoms with E-state index in [0.717, 1.165) is 11.1 Å². The number of likely N-dealkylation sites (tertiary alicyclic amines) is 1. The molecule has 0 spiro atoms. The van der Waals surface area contributed by atoms with E-state index in [4.69, 9.17) is 4.74 Å². The van der Waals surface area contributed by atoms with Crippen LogP contribution in [-0.2, 0) is 9.53 Å². The van der Waals surface area contributed by atoms with Gasteiger partial charge in [0.15, 0.2) is 0 Å². The first-order chi connectivity index (χ1) is 12.1. The fourth-order valence-corrected chi connectivity index (χ4v) is 3.87. The Morgan fingerprint density at radius 1 is 1.04 bits per heavy atom. The van der Waals surface area contributed by atoms with Crippen molar-refractivity contribution in [2.45, 2.75) is 24.0 Å². The lowest BCUT2D eigenvalue weighted by Crippen LogP contribution is -2.38. The van der Waals surface area contributed by atoms with Gasteiger partial charge in [0.2, 0.25) is 6.04 Å². The van der Waals surface area contributed by atoms with Crippen molar-refractivity contribution in [3.05, 3.63) is 81.9 Å². The number of carbonyl (C=O) groups excluding carboxylic acids is 1. The van der Waals surface area contributed by atoms with Crippen molar-refractivity contribution in [2.75, 3.05) is 14.2 Å². The Balaban J connectivity index is 2.15. The zero-order chi connectivity index (χ0) is 18.0. The molecule has 6 nitrogen and oxygen atoms in total. The predicted octanol–water partition coefficient (Wildman–Crippen LogP) is 2.64. The molecular formula is C19H20N2O4. The van der Waals surface area contributed by atoms with Crippen LogP contribution in [0.4, 0.5) is 0 Å². The Kier molecular flexibility index (Phi) is 4.81. The Bertz CT molecular complexity index is 751. The Morgan fingerprint density at radius 2 is 1.56 bits per heavy atom. The molecule has 1 saturated heterocycles. The fourth-order valence-electron chi connectivity index (χ4n) is 3.87. The van der Waals surface area contributed by atoms with E-state index in [2.05, 4.69) is 0 Å². The molecule has 3 rings (SSSR count). The Hall–Kier alpha value is -2.73. The number of rotatable bonds is 4. The lowest BCUT2D eigenvalue weighted by molar-refractivity contribution is -0.528. The molecule has 1 aliphatic rings. The van der Waals surface area contributed by atoms with E-state index in [0.29, 0.717) is 0 Å². The topological polar surface area (TPSA) is 72.7 Å². The molecule has 2 aromatic carbocycles. The number of likely N-dealkylation sites (N-methyl/N-ethyl adjacent to an activating group) is 1. The second-order valence-electron chi connectivity index (χ2n) is 6.20. The van der Waals surface area contributed by atoms with Crippen molar-refractivity contribution >= 4 is 5.97 Å². The number of benzene rings is 2. The molecule has 0 saturated carbocycles. The summed E-state index contributed by atoms with van der Waals surface area (Å²) in [7, 11) is 3.06. The van der Waals surface area contributed by atoms with E-state index in [-0.39, 0.29) is 4.92 Å². The first-order valence-electron chi connectivity index (χ1n) is 8.09. The van der Waals surface area contributed by atoms with Gasteiger partial charge in [-0.3, -0.25) is 19.8 Å². The van der Waals surface area contributed by atoms with Gasteiger partial charge >= 0.3 is 5.97 Å². The van der Waals surface area contributed by atoms with Gasteiger partial charge < -0.3 is 4.74 Å². The van der Waals surface area contributed by atoms with E-state index < -0.39 is 30.0 Å². The van der Waals surface area contributed by atoms with Gasteiger partial charge in [-0.05, 0) is 18.2 Å². The van der Waals surface area contributed by atoms with Gasteiger partial charge in [-0.2, -0.15) is 0 Å². The Morgan fingerprint density at radius 3 is 2.04 bits per heavy atom. The molecule has 2 aromatic rings. The van der Waals surface area contributed by atoms with Crippen molar-refractivity contribution < 1.29 is 14.5 Å². The first kappa shape index (κ1) is 17.1. The summed E-state index contributed by atoms with van der Waals surface area (Å²) in [5.74, 6) is -1.04. The second-order valence-corrected chi connectivity index (χ2v) is 6.20. The zero-order valence-corrected chi connectivity index (χ0v) is 14.1. The summed E-state index contributed by atoms with van der Waals surface area (Å²) < 4.78 is 4.97. The highest BCUT2D eigenvalue weighted by atomic mass is 16.6. The number of nitrogens with zero attached hydrogens (tertiary/aromatic N) is 2. The van der Waals surface area contributed by atoms with Crippen LogP contribution in [0.1, 0.15) is 23.1 Å². The average Bonchev–Trinajstić information content (AvgIpc) is 2.96. The maximum atomic E-state index is 12.5. The number of ether oxygens (including phenoxy) is 1. The normalized spacial score (nSPS) is 26.3. The lowest BCUT2D eigenvalue weighted by Gasteiger charge is -2.24. The molecule has 0 aliphatic carbocycles. The van der Waals surface area contributed by atoms with Crippen LogP contribution < -0.4 is 0 Å². The largest absolute Gasteiger partial charge is 0.468 e. The van der Waals surface area contributed by atoms with Crippen LogP contribution in [-0.4, -0.2) is 42.0 Å². The third-order valence-corrected chi connectivity index (χ3v) is 4.92. The number of esters is 1. The summed E-state index contributed by atoms with van der Waals surface area (Å²) in [5.41, 5.74) is 1.59. The molecule has 4 atom stereocenters. The summed E-state index contributed by atoms with van der Waals surface area (Å²) in [6, 6.07) is 16.3. The minimum atomic E-state index is -0.945. The fraction of sp³-hybridized carbons (Fsp3) is 0.316. The number of hydrogen-bond acceptors (Lipinski definition) is 5. The van der Waals surface area contributed by atoms with Crippen molar-refractivity contribution in [3.8, 4) is 0 Å². The Labute approximate surface area is 146 Å². The SMILES string of the molecule is COC(=O)[C@@H]1[C@H](c2ccccc2)[C@@H]([N+](=O)[O-])[C@H](c2ccccc2)N1C. The predicted molar refractivity (Wildman–Crippen MR) is 92.7 cm³/mol. The van der Waals surface area contributed by atoms with Gasteiger partial charge in [0.25, 0.3) is 0 Å². The maximum absolute atomic E-state index is 12.5. The number of methoxy groups -OCH3 is 1. The molecule has 0 amide bonds. The van der Waals surface area contributed by atoms with Crippen molar-refractivity contribution in [3.63, 3.8) is 0 Å². The van der Waals surface area contributed by atoms with Gasteiger partial charge in [0.1, 0.15) is 12.1 Å². The monoisotopic (exact) mass is 340 g/mol. The first-order valence-corrected chi connectivity index (χ1v) is 8.09. The molecule has 25 heavy (non-hydrogen) atoms. The van der Waals surface area contributed by atoms with E-state index >= 15 is 0 Å². The third kappa shape index (κ3) is 3.00. The van der Waals surface area contributed by atoms with Crippen LogP contribution in [0.15, 0.2) is 60.7 Å². The summed E-state index contributed by atoms with van der Waals surface area (Å²) in [5, 5.41) is 12.0. The molecule has 1 fully saturated rings. The molecule has 6 heteroatoms. The summed E-state index contributed by atoms with van der Waals surface area (Å²) in [6.45, 7) is 0. The van der Waals surface area contributed by atoms with Crippen LogP contribution in [0.5, 0.6) is 0 Å². The van der Waals surface area contributed by atoms with Crippen molar-refractivity contribution in [1.29, 1.82) is 0 Å². The van der Waals surface area contributed by atoms with E-state index in [1.165, 1.54) is 7.11 Å². The van der Waals surface area contributed by atoms with E-state index in [1.54, 1.807) is 11.9 Å². The summed E-state index contributed by atoms with van der Waals surface area (Å²) in [4.78, 5) is 26.0. The van der Waals surface area contributed by atoms with Gasteiger partial charge in [-0.15, -0.1) is 0 Å². The minimum Gasteiger partial charge on any atom is -0.468 e. The van der Waals surface area contributed by atoms with Crippen LogP contribution in [0.25, 0.3) is 0 Å². The standard InChI is InChI=1S/C19H20N2O4/c1-20-16(14-11-7-4-8-12-14)17(21(23)24)15(18(20)19(22)25-2)13-9-5-3-6-10-13/h3-12,15-18H,1-2H3/t15-,16+,17-,18+/m1/s1. The maximum Gasteiger partial charge on any atom is 0.324 e. The molecule has 0 aromatic heterocycles. The van der Waals surface area contributed by atoms with Crippen LogP contribution in [0.3, 0.4) is 0 Å². The third-order valence-electron chi connectivity index (χ3n) is 4.92. The molecule has 1 heterocycles.